The van der Waals surface area contributed by atoms with Gasteiger partial charge in [0.25, 0.3) is 5.92 Å². The van der Waals surface area contributed by atoms with E-state index in [2.05, 4.69) is 10.3 Å². The quantitative estimate of drug-likeness (QED) is 0.228. The number of aromatic amines is 1. The van der Waals surface area contributed by atoms with E-state index in [1.165, 1.54) is 24.3 Å². The maximum atomic E-state index is 14.2. The standard InChI is InChI=1S/C28H28F2N2O4/c29-28(30,20-4-2-1-3-5-20)15-17-36-21-8-6-19(7-9-21)14-16-31-18-25(34)22-10-12-24(33)27-23(22)11-13-26(35)32-27/h1-13,25,31,33-34H,14-18H2,(H,32,35). The summed E-state index contributed by atoms with van der Waals surface area (Å²) in [6.07, 6.45) is -0.538. The van der Waals surface area contributed by atoms with E-state index in [0.29, 0.717) is 35.2 Å². The van der Waals surface area contributed by atoms with Crippen molar-refractivity contribution in [1.29, 1.82) is 0 Å². The lowest BCUT2D eigenvalue weighted by molar-refractivity contribution is -0.0242. The van der Waals surface area contributed by atoms with Crippen molar-refractivity contribution in [3.8, 4) is 11.5 Å². The van der Waals surface area contributed by atoms with Crippen LogP contribution in [0.25, 0.3) is 10.9 Å². The lowest BCUT2D eigenvalue weighted by Crippen LogP contribution is -2.24. The number of benzene rings is 3. The Labute approximate surface area is 207 Å². The molecule has 0 aliphatic carbocycles. The van der Waals surface area contributed by atoms with Crippen LogP contribution < -0.4 is 15.6 Å². The van der Waals surface area contributed by atoms with Crippen molar-refractivity contribution < 1.29 is 23.7 Å². The summed E-state index contributed by atoms with van der Waals surface area (Å²) in [7, 11) is 0. The van der Waals surface area contributed by atoms with Gasteiger partial charge in [-0.3, -0.25) is 4.79 Å². The van der Waals surface area contributed by atoms with E-state index in [9.17, 15) is 23.8 Å². The number of hydrogen-bond donors (Lipinski definition) is 4. The minimum atomic E-state index is -2.94. The molecule has 1 atom stereocenters. The number of aliphatic hydroxyl groups excluding tert-OH is 1. The van der Waals surface area contributed by atoms with E-state index in [0.717, 1.165) is 5.56 Å². The maximum Gasteiger partial charge on any atom is 0.276 e. The maximum absolute atomic E-state index is 14.2. The number of hydrogen-bond acceptors (Lipinski definition) is 5. The summed E-state index contributed by atoms with van der Waals surface area (Å²) >= 11 is 0. The number of aliphatic hydroxyl groups is 1. The fraction of sp³-hybridized carbons (Fsp3) is 0.250. The number of alkyl halides is 2. The van der Waals surface area contributed by atoms with E-state index in [1.807, 2.05) is 12.1 Å². The lowest BCUT2D eigenvalue weighted by atomic mass is 10.0. The molecule has 0 saturated heterocycles. The van der Waals surface area contributed by atoms with Crippen LogP contribution in [-0.4, -0.2) is 34.9 Å². The molecule has 1 heterocycles. The van der Waals surface area contributed by atoms with Gasteiger partial charge < -0.3 is 25.3 Å². The monoisotopic (exact) mass is 494 g/mol. The molecule has 0 bridgehead atoms. The van der Waals surface area contributed by atoms with Crippen molar-refractivity contribution in [2.24, 2.45) is 0 Å². The number of halogens is 2. The molecule has 36 heavy (non-hydrogen) atoms. The highest BCUT2D eigenvalue weighted by molar-refractivity contribution is 5.87. The molecule has 4 N–H and O–H groups in total. The molecular weight excluding hydrogens is 466 g/mol. The van der Waals surface area contributed by atoms with Crippen LogP contribution in [0.3, 0.4) is 0 Å². The Hall–Kier alpha value is -3.75. The fourth-order valence-electron chi connectivity index (χ4n) is 4.01. The number of phenols is 1. The normalized spacial score (nSPS) is 12.5. The van der Waals surface area contributed by atoms with Crippen LogP contribution in [0.5, 0.6) is 11.5 Å². The average Bonchev–Trinajstić information content (AvgIpc) is 2.88. The van der Waals surface area contributed by atoms with E-state index in [-0.39, 0.29) is 30.0 Å². The number of aromatic nitrogens is 1. The predicted octanol–water partition coefficient (Wildman–Crippen LogP) is 4.66. The molecule has 1 aromatic heterocycles. The van der Waals surface area contributed by atoms with Crippen LogP contribution in [0.1, 0.15) is 29.2 Å². The first-order valence-electron chi connectivity index (χ1n) is 11.7. The van der Waals surface area contributed by atoms with Gasteiger partial charge in [-0.25, -0.2) is 8.78 Å². The highest BCUT2D eigenvalue weighted by atomic mass is 19.3. The van der Waals surface area contributed by atoms with Gasteiger partial charge in [-0.1, -0.05) is 48.5 Å². The number of pyridine rings is 1. The summed E-state index contributed by atoms with van der Waals surface area (Å²) in [5, 5.41) is 24.4. The predicted molar refractivity (Wildman–Crippen MR) is 135 cm³/mol. The minimum Gasteiger partial charge on any atom is -0.506 e. The summed E-state index contributed by atoms with van der Waals surface area (Å²) in [5.41, 5.74) is 1.59. The number of ether oxygens (including phenoxy) is 1. The van der Waals surface area contributed by atoms with E-state index in [4.69, 9.17) is 4.74 Å². The number of rotatable bonds is 11. The SMILES string of the molecule is O=c1ccc2c(C(O)CNCCc3ccc(OCCC(F)(F)c4ccccc4)cc3)ccc(O)c2[nH]1. The Morgan fingerprint density at radius 3 is 2.47 bits per heavy atom. The molecule has 0 aliphatic rings. The van der Waals surface area contributed by atoms with E-state index >= 15 is 0 Å². The van der Waals surface area contributed by atoms with Crippen molar-refractivity contribution in [3.63, 3.8) is 0 Å². The molecule has 188 valence electrons. The van der Waals surface area contributed by atoms with Gasteiger partial charge in [-0.05, 0) is 48.4 Å². The van der Waals surface area contributed by atoms with Crippen molar-refractivity contribution >= 4 is 10.9 Å². The Bertz CT molecular complexity index is 1340. The molecule has 3 aromatic carbocycles. The Balaban J connectivity index is 1.22. The van der Waals surface area contributed by atoms with Crippen LogP contribution >= 0.6 is 0 Å². The first kappa shape index (κ1) is 25.3. The molecule has 0 spiro atoms. The topological polar surface area (TPSA) is 94.6 Å². The zero-order chi connectivity index (χ0) is 25.5. The third kappa shape index (κ3) is 6.27. The first-order valence-corrected chi connectivity index (χ1v) is 11.7. The molecular formula is C28H28F2N2O4. The molecule has 0 radical (unpaired) electrons. The van der Waals surface area contributed by atoms with Gasteiger partial charge in [-0.2, -0.15) is 0 Å². The van der Waals surface area contributed by atoms with E-state index < -0.39 is 18.4 Å². The average molecular weight is 495 g/mol. The third-order valence-electron chi connectivity index (χ3n) is 6.00. The van der Waals surface area contributed by atoms with E-state index in [1.54, 1.807) is 42.5 Å². The van der Waals surface area contributed by atoms with Gasteiger partial charge >= 0.3 is 0 Å². The van der Waals surface area contributed by atoms with Crippen LogP contribution in [0.2, 0.25) is 0 Å². The first-order chi connectivity index (χ1) is 17.3. The Morgan fingerprint density at radius 2 is 1.72 bits per heavy atom. The third-order valence-corrected chi connectivity index (χ3v) is 6.00. The van der Waals surface area contributed by atoms with Crippen LogP contribution in [-0.2, 0) is 12.3 Å². The molecule has 0 saturated carbocycles. The second-order valence-electron chi connectivity index (χ2n) is 8.57. The van der Waals surface area contributed by atoms with Gasteiger partial charge in [0.15, 0.2) is 0 Å². The summed E-state index contributed by atoms with van der Waals surface area (Å²) in [5.74, 6) is -2.46. The second-order valence-corrected chi connectivity index (χ2v) is 8.57. The highest BCUT2D eigenvalue weighted by Gasteiger charge is 2.31. The van der Waals surface area contributed by atoms with Crippen molar-refractivity contribution in [3.05, 3.63) is 106 Å². The zero-order valence-corrected chi connectivity index (χ0v) is 19.6. The van der Waals surface area contributed by atoms with Crippen molar-refractivity contribution in [2.45, 2.75) is 24.9 Å². The summed E-state index contributed by atoms with van der Waals surface area (Å²) in [6, 6.07) is 21.0. The second kappa shape index (κ2) is 11.3. The van der Waals surface area contributed by atoms with Gasteiger partial charge in [0.05, 0.1) is 18.2 Å². The molecule has 0 amide bonds. The smallest absolute Gasteiger partial charge is 0.276 e. The summed E-state index contributed by atoms with van der Waals surface area (Å²) < 4.78 is 34.0. The minimum absolute atomic E-state index is 0.0184. The van der Waals surface area contributed by atoms with Gasteiger partial charge in [0.2, 0.25) is 5.56 Å². The molecule has 4 aromatic rings. The van der Waals surface area contributed by atoms with Crippen molar-refractivity contribution in [1.82, 2.24) is 10.3 Å². The van der Waals surface area contributed by atoms with Gasteiger partial charge in [0.1, 0.15) is 11.5 Å². The number of phenolic OH excluding ortho intramolecular Hbond substituents is 1. The molecule has 1 unspecified atom stereocenters. The molecule has 4 rings (SSSR count). The Kier molecular flexibility index (Phi) is 7.97. The highest BCUT2D eigenvalue weighted by Crippen LogP contribution is 2.31. The summed E-state index contributed by atoms with van der Waals surface area (Å²) in [4.78, 5) is 14.1. The molecule has 6 nitrogen and oxygen atoms in total. The summed E-state index contributed by atoms with van der Waals surface area (Å²) in [6.45, 7) is 0.795. The Morgan fingerprint density at radius 1 is 0.972 bits per heavy atom. The zero-order valence-electron chi connectivity index (χ0n) is 19.6. The number of aromatic hydroxyl groups is 1. The largest absolute Gasteiger partial charge is 0.506 e. The fourth-order valence-corrected chi connectivity index (χ4v) is 4.01. The van der Waals surface area contributed by atoms with Gasteiger partial charge in [-0.15, -0.1) is 0 Å². The lowest BCUT2D eigenvalue weighted by Gasteiger charge is -2.17. The molecule has 8 heteroatoms. The van der Waals surface area contributed by atoms with Crippen LogP contribution in [0, 0.1) is 0 Å². The van der Waals surface area contributed by atoms with Crippen LogP contribution in [0.4, 0.5) is 8.78 Å². The number of H-pyrrole nitrogens is 1. The van der Waals surface area contributed by atoms with Crippen LogP contribution in [0.15, 0.2) is 83.7 Å². The molecule has 0 fully saturated rings. The molecule has 0 aliphatic heterocycles. The number of nitrogens with one attached hydrogen (secondary N) is 2. The van der Waals surface area contributed by atoms with Gasteiger partial charge in [0, 0.05) is 30.0 Å². The van der Waals surface area contributed by atoms with Crippen molar-refractivity contribution in [2.75, 3.05) is 19.7 Å². The number of fused-ring (bicyclic) bond motifs is 1.